The molecular weight excluding hydrogens is 309 g/mol. The van der Waals surface area contributed by atoms with E-state index < -0.39 is 0 Å². The Hall–Kier alpha value is 1.79. The Labute approximate surface area is 107 Å². The molecule has 0 saturated heterocycles. The second kappa shape index (κ2) is 8.00. The van der Waals surface area contributed by atoms with E-state index in [1.54, 1.807) is 0 Å². The number of hydrogen-bond acceptors (Lipinski definition) is 4. The van der Waals surface area contributed by atoms with Gasteiger partial charge in [0.1, 0.15) is 29.5 Å². The Bertz CT molecular complexity index is 99.0. The third kappa shape index (κ3) is 10.1. The van der Waals surface area contributed by atoms with Crippen LogP contribution in [0.25, 0.3) is 0 Å². The molecule has 0 rings (SSSR count). The van der Waals surface area contributed by atoms with Gasteiger partial charge in [-0.25, -0.2) is 0 Å². The van der Waals surface area contributed by atoms with E-state index in [0.29, 0.717) is 0 Å². The predicted octanol–water partition coefficient (Wildman–Crippen LogP) is -11.1. The molecule has 0 spiro atoms. The Balaban J connectivity index is 3.87. The average Bonchev–Trinajstić information content (AvgIpc) is 1.80. The second-order valence-corrected chi connectivity index (χ2v) is 36.5. The van der Waals surface area contributed by atoms with Crippen molar-refractivity contribution in [3.8, 4) is 0 Å². The fraction of sp³-hybridized carbons (Fsp3) is 0. The van der Waals surface area contributed by atoms with Crippen LogP contribution in [-0.4, -0.2) is 108 Å². The van der Waals surface area contributed by atoms with Crippen molar-refractivity contribution < 1.29 is 0 Å². The number of rotatable bonds is 6. The molecule has 0 heterocycles. The smallest absolute Gasteiger partial charge is 0.146 e. The number of nitrogens with zero attached hydrogens (tertiary/aromatic N) is 4. The van der Waals surface area contributed by atoms with Crippen LogP contribution in [0, 0.1) is 0 Å². The summed E-state index contributed by atoms with van der Waals surface area (Å²) in [6.07, 6.45) is 0. The molecule has 13 heteroatoms. The van der Waals surface area contributed by atoms with E-state index in [1.165, 1.54) is 62.4 Å². The molecular formula is H24N4Si9. The third-order valence-electron chi connectivity index (χ3n) is 1.45. The van der Waals surface area contributed by atoms with Gasteiger partial charge in [-0.3, -0.25) is 0 Å². The number of hydrogen-bond donors (Lipinski definition) is 0. The summed E-state index contributed by atoms with van der Waals surface area (Å²) in [7, 11) is 8.29. The maximum absolute atomic E-state index is 3.00. The summed E-state index contributed by atoms with van der Waals surface area (Å²) in [5, 5.41) is 0. The second-order valence-electron chi connectivity index (χ2n) is 4.33. The van der Waals surface area contributed by atoms with Crippen LogP contribution >= 0.6 is 0 Å². The monoisotopic (exact) mass is 332 g/mol. The Morgan fingerprint density at radius 1 is 0.538 bits per heavy atom. The van der Waals surface area contributed by atoms with E-state index in [1.807, 2.05) is 0 Å². The molecule has 0 aromatic rings. The highest BCUT2D eigenvalue weighted by Gasteiger charge is 2.08. The van der Waals surface area contributed by atoms with Gasteiger partial charge in [-0.05, 0) is 0 Å². The van der Waals surface area contributed by atoms with Gasteiger partial charge >= 0.3 is 0 Å². The minimum absolute atomic E-state index is 0.0936. The van der Waals surface area contributed by atoms with Crippen molar-refractivity contribution in [2.75, 3.05) is 0 Å². The van der Waals surface area contributed by atoms with Gasteiger partial charge in [0.05, 0.1) is 62.4 Å². The molecule has 0 atom stereocenters. The molecule has 0 aliphatic rings. The molecule has 13 heavy (non-hydrogen) atoms. The van der Waals surface area contributed by atoms with Crippen LogP contribution in [0.1, 0.15) is 0 Å². The van der Waals surface area contributed by atoms with E-state index in [2.05, 4.69) is 15.6 Å². The molecule has 0 aliphatic heterocycles. The van der Waals surface area contributed by atoms with Crippen molar-refractivity contribution in [1.82, 2.24) is 15.6 Å². The summed E-state index contributed by atoms with van der Waals surface area (Å²) in [6, 6.07) is 0. The first-order valence-corrected chi connectivity index (χ1v) is 13.7. The van der Waals surface area contributed by atoms with Crippen molar-refractivity contribution in [2.24, 2.45) is 0 Å². The fourth-order valence-electron chi connectivity index (χ4n) is 1.33. The van der Waals surface area contributed by atoms with E-state index >= 15 is 0 Å². The first kappa shape index (κ1) is 14.8. The summed E-state index contributed by atoms with van der Waals surface area (Å²) in [6.45, 7) is 0. The largest absolute Gasteiger partial charge is 0.377 e. The molecule has 0 unspecified atom stereocenters. The first-order chi connectivity index (χ1) is 5.91. The normalized spacial score (nSPS) is 16.6. The zero-order valence-corrected chi connectivity index (χ0v) is 26.2. The van der Waals surface area contributed by atoms with E-state index in [-0.39, 0.29) is 29.5 Å². The standard InChI is InChI=1S/H24N4Si9/c5-1(6)11-4(12-2(7)8)13-3(9)10/h11-13H2,5-10H3. The summed E-state index contributed by atoms with van der Waals surface area (Å²) >= 11 is 0. The quantitative estimate of drug-likeness (QED) is 0.448. The van der Waals surface area contributed by atoms with Gasteiger partial charge in [0.25, 0.3) is 0 Å². The topological polar surface area (TPSA) is 13.0 Å². The van der Waals surface area contributed by atoms with Crippen LogP contribution in [0.3, 0.4) is 0 Å². The lowest BCUT2D eigenvalue weighted by Gasteiger charge is -2.31. The summed E-state index contributed by atoms with van der Waals surface area (Å²) in [5.41, 5.74) is 0. The highest BCUT2D eigenvalue weighted by molar-refractivity contribution is 6.73. The molecule has 0 fully saturated rings. The van der Waals surface area contributed by atoms with Crippen molar-refractivity contribution in [1.29, 1.82) is 0 Å². The molecule has 80 valence electrons. The zero-order chi connectivity index (χ0) is 10.4. The maximum Gasteiger partial charge on any atom is 0.146 e. The average molecular weight is 333 g/mol. The van der Waals surface area contributed by atoms with Gasteiger partial charge < -0.3 is 15.6 Å². The van der Waals surface area contributed by atoms with Crippen LogP contribution < -0.4 is 0 Å². The molecule has 0 radical (unpaired) electrons. The minimum Gasteiger partial charge on any atom is -0.377 e. The zero-order valence-electron chi connectivity index (χ0n) is 9.91. The molecule has 4 nitrogen and oxygen atoms in total. The molecule has 0 saturated carbocycles. The van der Waals surface area contributed by atoms with Gasteiger partial charge in [-0.2, -0.15) is 0 Å². The Morgan fingerprint density at radius 3 is 0.923 bits per heavy atom. The Morgan fingerprint density at radius 2 is 0.769 bits per heavy atom. The molecule has 0 bridgehead atoms. The van der Waals surface area contributed by atoms with Crippen LogP contribution in [0.15, 0.2) is 0 Å². The highest BCUT2D eigenvalue weighted by Crippen LogP contribution is 1.83. The van der Waals surface area contributed by atoms with Gasteiger partial charge in [0.2, 0.25) is 0 Å². The summed E-state index contributed by atoms with van der Waals surface area (Å²) < 4.78 is 11.2. The molecule has 0 aliphatic carbocycles. The Kier molecular flexibility index (Phi) is 9.11. The lowest BCUT2D eigenvalue weighted by molar-refractivity contribution is 0.871. The lowest BCUT2D eigenvalue weighted by Crippen LogP contribution is -2.52. The van der Waals surface area contributed by atoms with Gasteiger partial charge in [0, 0.05) is 0 Å². The van der Waals surface area contributed by atoms with Crippen LogP contribution in [0.4, 0.5) is 0 Å². The molecule has 0 aromatic carbocycles. The summed E-state index contributed by atoms with van der Waals surface area (Å²) in [5.74, 6) is 0. The fourth-order valence-corrected chi connectivity index (χ4v) is 33.6. The van der Waals surface area contributed by atoms with Crippen molar-refractivity contribution in [2.45, 2.75) is 0 Å². The molecule has 0 aromatic heterocycles. The maximum atomic E-state index is 3.00. The van der Waals surface area contributed by atoms with Crippen molar-refractivity contribution in [3.05, 3.63) is 0 Å². The van der Waals surface area contributed by atoms with Crippen LogP contribution in [0.2, 0.25) is 0 Å². The van der Waals surface area contributed by atoms with Crippen LogP contribution in [0.5, 0.6) is 0 Å². The SMILES string of the molecule is [SiH3]N([SiH3])[SiH2]N([SiH2]N([SiH3])[SiH3])[SiH2]N([SiH3])[SiH3]. The summed E-state index contributed by atoms with van der Waals surface area (Å²) in [4.78, 5) is 0. The predicted molar refractivity (Wildman–Crippen MR) is 92.6 cm³/mol. The van der Waals surface area contributed by atoms with E-state index in [0.717, 1.165) is 0 Å². The lowest BCUT2D eigenvalue weighted by atomic mass is 13.7. The van der Waals surface area contributed by atoms with Crippen molar-refractivity contribution >= 4 is 92.0 Å². The van der Waals surface area contributed by atoms with E-state index in [4.69, 9.17) is 0 Å². The van der Waals surface area contributed by atoms with E-state index in [9.17, 15) is 0 Å². The minimum atomic E-state index is 0.0936. The van der Waals surface area contributed by atoms with Gasteiger partial charge in [0.15, 0.2) is 0 Å². The van der Waals surface area contributed by atoms with Crippen molar-refractivity contribution in [3.63, 3.8) is 0 Å². The molecule has 0 amide bonds. The first-order valence-electron chi connectivity index (χ1n) is 4.58. The highest BCUT2D eigenvalue weighted by atomic mass is 28.4. The van der Waals surface area contributed by atoms with Gasteiger partial charge in [-0.15, -0.1) is 0 Å². The van der Waals surface area contributed by atoms with Gasteiger partial charge in [-0.1, -0.05) is 0 Å². The molecule has 0 N–H and O–H groups in total. The van der Waals surface area contributed by atoms with Crippen LogP contribution in [-0.2, 0) is 0 Å². The third-order valence-corrected chi connectivity index (χ3v) is 13.0.